The highest BCUT2D eigenvalue weighted by Gasteiger charge is 2.20. The maximum atomic E-state index is 11.6. The highest BCUT2D eigenvalue weighted by Crippen LogP contribution is 2.38. The van der Waals surface area contributed by atoms with E-state index in [2.05, 4.69) is 22.3 Å². The van der Waals surface area contributed by atoms with Crippen molar-refractivity contribution in [2.75, 3.05) is 7.11 Å². The Morgan fingerprint density at radius 2 is 2.05 bits per heavy atom. The van der Waals surface area contributed by atoms with Crippen LogP contribution in [0.5, 0.6) is 0 Å². The number of hydrogen-bond acceptors (Lipinski definition) is 2. The van der Waals surface area contributed by atoms with E-state index in [-0.39, 0.29) is 5.97 Å². The highest BCUT2D eigenvalue weighted by molar-refractivity contribution is 9.08. The molecule has 0 bridgehead atoms. The molecule has 1 saturated carbocycles. The summed E-state index contributed by atoms with van der Waals surface area (Å²) in [6.07, 6.45) is 8.69. The summed E-state index contributed by atoms with van der Waals surface area (Å²) in [5.41, 5.74) is 3.02. The monoisotopic (exact) mass is 335 g/mol. The normalized spacial score (nSPS) is 16.5. The molecule has 0 spiro atoms. The molecule has 0 amide bonds. The Balaban J connectivity index is 2.05. The number of ether oxygens (including phenoxy) is 1. The van der Waals surface area contributed by atoms with Gasteiger partial charge >= 0.3 is 5.97 Å². The molecule has 3 nitrogen and oxygen atoms in total. The molecule has 0 radical (unpaired) electrons. The molecule has 1 fully saturated rings. The molecule has 0 atom stereocenters. The predicted molar refractivity (Wildman–Crippen MR) is 83.4 cm³/mol. The van der Waals surface area contributed by atoms with Gasteiger partial charge in [0.15, 0.2) is 0 Å². The molecule has 1 aliphatic carbocycles. The second-order valence-electron chi connectivity index (χ2n) is 5.45. The molecule has 2 aromatic rings. The number of carbonyl (C=O) groups excluding carboxylic acids is 1. The van der Waals surface area contributed by atoms with Crippen molar-refractivity contribution in [2.45, 2.75) is 38.0 Å². The lowest BCUT2D eigenvalue weighted by Gasteiger charge is -2.21. The molecule has 20 heavy (non-hydrogen) atoms. The van der Waals surface area contributed by atoms with Crippen molar-refractivity contribution in [1.82, 2.24) is 3.59 Å². The van der Waals surface area contributed by atoms with Crippen LogP contribution in [0.4, 0.5) is 0 Å². The first-order chi connectivity index (χ1) is 9.70. The van der Waals surface area contributed by atoms with E-state index in [9.17, 15) is 4.79 Å². The second kappa shape index (κ2) is 5.60. The van der Waals surface area contributed by atoms with Gasteiger partial charge in [0.05, 0.1) is 34.3 Å². The summed E-state index contributed by atoms with van der Waals surface area (Å²) in [6, 6.07) is 5.79. The number of rotatable bonds is 2. The van der Waals surface area contributed by atoms with E-state index in [1.54, 1.807) is 0 Å². The van der Waals surface area contributed by atoms with Gasteiger partial charge in [-0.25, -0.2) is 4.79 Å². The Kier molecular flexibility index (Phi) is 3.83. The maximum Gasteiger partial charge on any atom is 0.337 e. The molecular weight excluding hydrogens is 318 g/mol. The fourth-order valence-electron chi connectivity index (χ4n) is 3.20. The van der Waals surface area contributed by atoms with Gasteiger partial charge in [0.1, 0.15) is 0 Å². The number of esters is 1. The molecule has 1 aromatic heterocycles. The van der Waals surface area contributed by atoms with Gasteiger partial charge in [-0.05, 0) is 36.5 Å². The van der Waals surface area contributed by atoms with Crippen LogP contribution < -0.4 is 0 Å². The lowest BCUT2D eigenvalue weighted by atomic mass is 9.84. The van der Waals surface area contributed by atoms with Crippen molar-refractivity contribution in [3.05, 3.63) is 35.5 Å². The summed E-state index contributed by atoms with van der Waals surface area (Å²) < 4.78 is 6.73. The number of benzene rings is 1. The first-order valence-corrected chi connectivity index (χ1v) is 7.81. The van der Waals surface area contributed by atoms with E-state index in [1.165, 1.54) is 50.2 Å². The second-order valence-corrected chi connectivity index (χ2v) is 6.22. The lowest BCUT2D eigenvalue weighted by Crippen LogP contribution is -2.04. The summed E-state index contributed by atoms with van der Waals surface area (Å²) in [7, 11) is 1.41. The highest BCUT2D eigenvalue weighted by atomic mass is 79.9. The SMILES string of the molecule is COC(=O)c1ccc2c(C3CCCCC3)cn(Br)c2c1. The largest absolute Gasteiger partial charge is 0.465 e. The third kappa shape index (κ3) is 2.37. The zero-order valence-electron chi connectivity index (χ0n) is 11.6. The molecule has 3 rings (SSSR count). The summed E-state index contributed by atoms with van der Waals surface area (Å²) in [5.74, 6) is 0.355. The van der Waals surface area contributed by atoms with Gasteiger partial charge < -0.3 is 4.74 Å². The first-order valence-electron chi connectivity index (χ1n) is 7.10. The van der Waals surface area contributed by atoms with E-state index in [0.717, 1.165) is 5.52 Å². The topological polar surface area (TPSA) is 31.2 Å². The van der Waals surface area contributed by atoms with Crippen molar-refractivity contribution >= 4 is 33.0 Å². The molecule has 1 heterocycles. The summed E-state index contributed by atoms with van der Waals surface area (Å²) in [4.78, 5) is 11.6. The Labute approximate surface area is 127 Å². The van der Waals surface area contributed by atoms with Gasteiger partial charge in [-0.2, -0.15) is 0 Å². The molecular formula is C16H18BrNO2. The molecule has 106 valence electrons. The van der Waals surface area contributed by atoms with Gasteiger partial charge in [-0.1, -0.05) is 25.3 Å². The third-order valence-electron chi connectivity index (χ3n) is 4.26. The number of halogens is 1. The van der Waals surface area contributed by atoms with Crippen LogP contribution in [-0.4, -0.2) is 16.7 Å². The average molecular weight is 336 g/mol. The fourth-order valence-corrected chi connectivity index (χ4v) is 3.71. The van der Waals surface area contributed by atoms with Crippen molar-refractivity contribution in [3.8, 4) is 0 Å². The van der Waals surface area contributed by atoms with E-state index < -0.39 is 0 Å². The van der Waals surface area contributed by atoms with E-state index in [4.69, 9.17) is 4.74 Å². The lowest BCUT2D eigenvalue weighted by molar-refractivity contribution is 0.0601. The van der Waals surface area contributed by atoms with Crippen LogP contribution in [0.3, 0.4) is 0 Å². The van der Waals surface area contributed by atoms with Crippen molar-refractivity contribution in [2.24, 2.45) is 0 Å². The van der Waals surface area contributed by atoms with E-state index in [0.29, 0.717) is 11.5 Å². The minimum Gasteiger partial charge on any atom is -0.465 e. The van der Waals surface area contributed by atoms with Crippen LogP contribution in [0.25, 0.3) is 10.9 Å². The number of nitrogens with zero attached hydrogens (tertiary/aromatic N) is 1. The Morgan fingerprint density at radius 1 is 1.30 bits per heavy atom. The van der Waals surface area contributed by atoms with Crippen molar-refractivity contribution in [3.63, 3.8) is 0 Å². The fraction of sp³-hybridized carbons (Fsp3) is 0.438. The van der Waals surface area contributed by atoms with Crippen molar-refractivity contribution < 1.29 is 9.53 Å². The van der Waals surface area contributed by atoms with Crippen molar-refractivity contribution in [1.29, 1.82) is 0 Å². The zero-order valence-corrected chi connectivity index (χ0v) is 13.1. The first kappa shape index (κ1) is 13.7. The standard InChI is InChI=1S/C16H18BrNO2/c1-20-16(19)12-7-8-13-14(10-18(17)15(13)9-12)11-5-3-2-4-6-11/h7-11H,2-6H2,1H3. The van der Waals surface area contributed by atoms with Gasteiger partial charge in [0, 0.05) is 11.6 Å². The van der Waals surface area contributed by atoms with Gasteiger partial charge in [0.25, 0.3) is 0 Å². The molecule has 1 aliphatic rings. The quantitative estimate of drug-likeness (QED) is 0.749. The number of hydrogen-bond donors (Lipinski definition) is 0. The van der Waals surface area contributed by atoms with Crippen LogP contribution in [0.2, 0.25) is 0 Å². The van der Waals surface area contributed by atoms with Gasteiger partial charge in [-0.15, -0.1) is 0 Å². The number of methoxy groups -OCH3 is 1. The minimum absolute atomic E-state index is 0.292. The number of aromatic nitrogens is 1. The summed E-state index contributed by atoms with van der Waals surface area (Å²) in [6.45, 7) is 0. The van der Waals surface area contributed by atoms with Crippen LogP contribution in [0.15, 0.2) is 24.4 Å². The van der Waals surface area contributed by atoms with Crippen LogP contribution >= 0.6 is 16.1 Å². The van der Waals surface area contributed by atoms with Crippen LogP contribution in [-0.2, 0) is 4.74 Å². The molecule has 1 aromatic carbocycles. The summed E-state index contributed by atoms with van der Waals surface area (Å²) >= 11 is 3.55. The van der Waals surface area contributed by atoms with Crippen LogP contribution in [0.1, 0.15) is 53.9 Å². The molecule has 0 aliphatic heterocycles. The van der Waals surface area contributed by atoms with E-state index in [1.807, 2.05) is 21.8 Å². The minimum atomic E-state index is -0.292. The smallest absolute Gasteiger partial charge is 0.337 e. The zero-order chi connectivity index (χ0) is 14.1. The average Bonchev–Trinajstić information content (AvgIpc) is 2.84. The molecule has 0 saturated heterocycles. The maximum absolute atomic E-state index is 11.6. The Hall–Kier alpha value is -1.29. The number of carbonyl (C=O) groups is 1. The Morgan fingerprint density at radius 3 is 2.75 bits per heavy atom. The van der Waals surface area contributed by atoms with Crippen LogP contribution in [0, 0.1) is 0 Å². The molecule has 0 unspecified atom stereocenters. The molecule has 4 heteroatoms. The summed E-state index contributed by atoms with van der Waals surface area (Å²) in [5, 5.41) is 1.24. The van der Waals surface area contributed by atoms with Gasteiger partial charge in [-0.3, -0.25) is 3.59 Å². The molecule has 0 N–H and O–H groups in total. The predicted octanol–water partition coefficient (Wildman–Crippen LogP) is 4.63. The van der Waals surface area contributed by atoms with E-state index >= 15 is 0 Å². The third-order valence-corrected chi connectivity index (χ3v) is 4.84. The number of fused-ring (bicyclic) bond motifs is 1. The Bertz CT molecular complexity index is 641. The van der Waals surface area contributed by atoms with Gasteiger partial charge in [0.2, 0.25) is 0 Å².